The van der Waals surface area contributed by atoms with Crippen LogP contribution in [-0.4, -0.2) is 13.7 Å². The number of aromatic nitrogens is 3. The lowest BCUT2D eigenvalue weighted by Gasteiger charge is -2.13. The topological polar surface area (TPSA) is 86.2 Å². The van der Waals surface area contributed by atoms with Crippen molar-refractivity contribution in [3.63, 3.8) is 0 Å². The van der Waals surface area contributed by atoms with E-state index in [1.165, 1.54) is 239 Å². The molecular weight excluding hydrogens is 1130 g/mol. The molecule has 6 nitrogen and oxygen atoms in total. The molecule has 0 bridgehead atoms. The third-order valence-electron chi connectivity index (χ3n) is 19.7. The Bertz CT molecular complexity index is 3780. The van der Waals surface area contributed by atoms with E-state index in [2.05, 4.69) is 144 Å². The van der Waals surface area contributed by atoms with Gasteiger partial charge in [0.05, 0.1) is 51.4 Å². The standard InChI is InChI=1S/C87H102N6/c1-4-7-10-13-16-19-22-25-28-31-58-91-79-55-52-70(43-34-67-37-46-73(64-88)47-38-67)61-76(79)82-85(91)83-77-62-71(44-35-68-39-48-74(65-89)49-40-68)53-56-80(77)92(59-32-29-26-23-20-17-14-11-8-5-2)87(83)84-78-63-72(45-36-69-41-50-75(66-90)51-42-69)54-57-81(78)93(86(82)84)60-33-30-27-24-21-18-15-12-9-6-3/h34-57,61-63H,4-33,58-60H2,1-3H3/b43-34+,44-35+,45-36+. The number of benzene rings is 7. The summed E-state index contributed by atoms with van der Waals surface area (Å²) in [4.78, 5) is 0. The molecule has 0 saturated heterocycles. The van der Waals surface area contributed by atoms with Crippen LogP contribution in [0.15, 0.2) is 127 Å². The number of unbranched alkanes of at least 4 members (excludes halogenated alkanes) is 27. The highest BCUT2D eigenvalue weighted by atomic mass is 15.0. The summed E-state index contributed by atoms with van der Waals surface area (Å²) in [6.45, 7) is 9.73. The number of nitrogens with zero attached hydrogens (tertiary/aromatic N) is 6. The Hall–Kier alpha value is -8.37. The van der Waals surface area contributed by atoms with Crippen LogP contribution >= 0.6 is 0 Å². The molecule has 0 N–H and O–H groups in total. The quantitative estimate of drug-likeness (QED) is 0.0284. The summed E-state index contributed by atoms with van der Waals surface area (Å²) < 4.78 is 8.30. The Kier molecular flexibility index (Phi) is 25.9. The SMILES string of the molecule is CCCCCCCCCCCCn1c2ccc(/C=C/c3ccc(C#N)cc3)cc2c2c1c1c3cc(/C=C/c4ccc(C#N)cc4)ccc3n(CCCCCCCCCCCC)c1c1c3cc(/C=C/c4ccc(C#N)cc4)ccc3n(CCCCCCCCCCCC)c21. The monoisotopic (exact) mass is 1230 g/mol. The molecule has 0 fully saturated rings. The fourth-order valence-electron chi connectivity index (χ4n) is 14.5. The summed E-state index contributed by atoms with van der Waals surface area (Å²) in [7, 11) is 0. The lowest BCUT2D eigenvalue weighted by atomic mass is 9.99. The molecule has 6 heteroatoms. The van der Waals surface area contributed by atoms with E-state index in [0.717, 1.165) is 72.3 Å². The van der Waals surface area contributed by atoms with Gasteiger partial charge in [0.15, 0.2) is 0 Å². The Balaban J connectivity index is 1.20. The van der Waals surface area contributed by atoms with Crippen molar-refractivity contribution in [1.29, 1.82) is 15.8 Å². The minimum Gasteiger partial charge on any atom is -0.340 e. The minimum atomic E-state index is 0.668. The molecule has 0 saturated carbocycles. The molecule has 7 aromatic carbocycles. The van der Waals surface area contributed by atoms with Gasteiger partial charge >= 0.3 is 0 Å². The summed E-state index contributed by atoms with van der Waals surface area (Å²) >= 11 is 0. The summed E-state index contributed by atoms with van der Waals surface area (Å²) in [5, 5.41) is 36.9. The molecule has 0 radical (unpaired) electrons. The van der Waals surface area contributed by atoms with E-state index in [0.29, 0.717) is 16.7 Å². The van der Waals surface area contributed by atoms with Crippen LogP contribution in [0, 0.1) is 34.0 Å². The summed E-state index contributed by atoms with van der Waals surface area (Å²) in [5.74, 6) is 0. The van der Waals surface area contributed by atoms with Crippen LogP contribution in [0.5, 0.6) is 0 Å². The molecule has 0 aliphatic rings. The van der Waals surface area contributed by atoms with Crippen LogP contribution < -0.4 is 0 Å². The number of fused-ring (bicyclic) bond motifs is 12. The van der Waals surface area contributed by atoms with Crippen molar-refractivity contribution in [2.75, 3.05) is 0 Å². The minimum absolute atomic E-state index is 0.668. The predicted molar refractivity (Wildman–Crippen MR) is 401 cm³/mol. The average molecular weight is 1230 g/mol. The first-order chi connectivity index (χ1) is 45.9. The van der Waals surface area contributed by atoms with Crippen molar-refractivity contribution in [3.8, 4) is 18.2 Å². The smallest absolute Gasteiger partial charge is 0.0991 e. The van der Waals surface area contributed by atoms with E-state index in [-0.39, 0.29) is 0 Å². The Morgan fingerprint density at radius 2 is 0.462 bits per heavy atom. The third kappa shape index (κ3) is 17.7. The Labute approximate surface area is 556 Å². The number of aryl methyl sites for hydroxylation is 3. The normalized spacial score (nSPS) is 12.0. The molecule has 0 unspecified atom stereocenters. The van der Waals surface area contributed by atoms with Gasteiger partial charge in [0.2, 0.25) is 0 Å². The Morgan fingerprint density at radius 1 is 0.258 bits per heavy atom. The lowest BCUT2D eigenvalue weighted by molar-refractivity contribution is 0.541. The third-order valence-corrected chi connectivity index (χ3v) is 19.7. The molecule has 10 aromatic rings. The molecule has 0 amide bonds. The molecule has 0 aliphatic heterocycles. The maximum Gasteiger partial charge on any atom is 0.0991 e. The van der Waals surface area contributed by atoms with E-state index >= 15 is 0 Å². The second-order valence-electron chi connectivity index (χ2n) is 26.7. The van der Waals surface area contributed by atoms with E-state index in [9.17, 15) is 15.8 Å². The maximum atomic E-state index is 9.65. The van der Waals surface area contributed by atoms with Crippen molar-refractivity contribution in [2.45, 2.75) is 233 Å². The zero-order chi connectivity index (χ0) is 64.4. The number of hydrogen-bond acceptors (Lipinski definition) is 3. The summed E-state index contributed by atoms with van der Waals surface area (Å²) in [5.41, 5.74) is 16.6. The van der Waals surface area contributed by atoms with Crippen LogP contribution in [-0.2, 0) is 19.6 Å². The summed E-state index contributed by atoms with van der Waals surface area (Å²) in [6, 6.07) is 52.4. The van der Waals surface area contributed by atoms with Crippen LogP contribution in [0.25, 0.3) is 102 Å². The number of rotatable bonds is 39. The zero-order valence-corrected chi connectivity index (χ0v) is 56.6. The van der Waals surface area contributed by atoms with E-state index in [4.69, 9.17) is 0 Å². The van der Waals surface area contributed by atoms with Gasteiger partial charge < -0.3 is 13.7 Å². The predicted octanol–water partition coefficient (Wildman–Crippen LogP) is 25.9. The largest absolute Gasteiger partial charge is 0.340 e. The van der Waals surface area contributed by atoms with Gasteiger partial charge in [-0.2, -0.15) is 15.8 Å². The van der Waals surface area contributed by atoms with Gasteiger partial charge in [0.25, 0.3) is 0 Å². The average Bonchev–Trinajstić information content (AvgIpc) is 1.52. The number of nitriles is 3. The molecule has 3 heterocycles. The van der Waals surface area contributed by atoms with E-state index in [1.807, 2.05) is 72.8 Å². The van der Waals surface area contributed by atoms with Gasteiger partial charge in [0.1, 0.15) is 0 Å². The molecule has 3 aromatic heterocycles. The van der Waals surface area contributed by atoms with Gasteiger partial charge in [0, 0.05) is 68.5 Å². The van der Waals surface area contributed by atoms with Crippen molar-refractivity contribution in [3.05, 3.63) is 177 Å². The van der Waals surface area contributed by atoms with Crippen molar-refractivity contribution in [1.82, 2.24) is 13.7 Å². The lowest BCUT2D eigenvalue weighted by Crippen LogP contribution is -2.02. The fourth-order valence-corrected chi connectivity index (χ4v) is 14.5. The highest BCUT2D eigenvalue weighted by molar-refractivity contribution is 6.39. The Morgan fingerprint density at radius 3 is 0.688 bits per heavy atom. The van der Waals surface area contributed by atoms with Gasteiger partial charge in [-0.05, 0) is 125 Å². The van der Waals surface area contributed by atoms with Gasteiger partial charge in [-0.15, -0.1) is 0 Å². The first kappa shape index (κ1) is 67.5. The van der Waals surface area contributed by atoms with Gasteiger partial charge in [-0.25, -0.2) is 0 Å². The highest BCUT2D eigenvalue weighted by Gasteiger charge is 2.28. The second-order valence-corrected chi connectivity index (χ2v) is 26.7. The van der Waals surface area contributed by atoms with Gasteiger partial charge in [-0.1, -0.05) is 285 Å². The maximum absolute atomic E-state index is 9.65. The molecule has 93 heavy (non-hydrogen) atoms. The van der Waals surface area contributed by atoms with Crippen molar-refractivity contribution < 1.29 is 0 Å². The molecular formula is C87H102N6. The zero-order valence-electron chi connectivity index (χ0n) is 56.6. The molecule has 480 valence electrons. The molecule has 0 spiro atoms. The number of hydrogen-bond donors (Lipinski definition) is 0. The van der Waals surface area contributed by atoms with Crippen LogP contribution in [0.4, 0.5) is 0 Å². The highest BCUT2D eigenvalue weighted by Crippen LogP contribution is 2.49. The first-order valence-electron chi connectivity index (χ1n) is 36.5. The van der Waals surface area contributed by atoms with E-state index in [1.54, 1.807) is 0 Å². The van der Waals surface area contributed by atoms with Crippen LogP contribution in [0.2, 0.25) is 0 Å². The van der Waals surface area contributed by atoms with Crippen molar-refractivity contribution >= 4 is 102 Å². The van der Waals surface area contributed by atoms with Crippen LogP contribution in [0.1, 0.15) is 263 Å². The first-order valence-corrected chi connectivity index (χ1v) is 36.5. The van der Waals surface area contributed by atoms with Crippen molar-refractivity contribution in [2.24, 2.45) is 0 Å². The van der Waals surface area contributed by atoms with E-state index < -0.39 is 0 Å². The molecule has 10 rings (SSSR count). The summed E-state index contributed by atoms with van der Waals surface area (Å²) in [6.07, 6.45) is 52.1. The van der Waals surface area contributed by atoms with Crippen LogP contribution in [0.3, 0.4) is 0 Å². The second kappa shape index (κ2) is 35.6. The molecule has 0 aliphatic carbocycles. The fraction of sp³-hybridized carbons (Fsp3) is 0.414. The molecule has 0 atom stereocenters. The van der Waals surface area contributed by atoms with Gasteiger partial charge in [-0.3, -0.25) is 0 Å².